The predicted molar refractivity (Wildman–Crippen MR) is 160 cm³/mol. The van der Waals surface area contributed by atoms with E-state index < -0.39 is 24.0 Å². The number of nitrogen functional groups attached to an aromatic ring is 1. The van der Waals surface area contributed by atoms with E-state index >= 15 is 0 Å². The molecule has 1 aliphatic rings. The molecule has 3 rings (SSSR count). The van der Waals surface area contributed by atoms with Gasteiger partial charge in [0.05, 0.1) is 24.6 Å². The Balaban J connectivity index is 0.000000343. The lowest BCUT2D eigenvalue weighted by atomic mass is 8.97. The minimum Gasteiger partial charge on any atom is -0.477 e. The highest BCUT2D eigenvalue weighted by molar-refractivity contribution is 7.60. The van der Waals surface area contributed by atoms with Crippen LogP contribution in [0.5, 0.6) is 0 Å². The van der Waals surface area contributed by atoms with Gasteiger partial charge in [0.1, 0.15) is 17.0 Å². The highest BCUT2D eigenvalue weighted by Crippen LogP contribution is 2.15. The van der Waals surface area contributed by atoms with Gasteiger partial charge in [0, 0.05) is 89.3 Å². The second-order valence-corrected chi connectivity index (χ2v) is 9.91. The number of amides is 2. The number of aryl methyl sites for hydroxylation is 2. The highest BCUT2D eigenvalue weighted by Gasteiger charge is 2.18. The van der Waals surface area contributed by atoms with Crippen LogP contribution in [-0.4, -0.2) is 119 Å². The van der Waals surface area contributed by atoms with E-state index in [2.05, 4.69) is 15.5 Å². The third-order valence-corrected chi connectivity index (χ3v) is 5.17. The fourth-order valence-electron chi connectivity index (χ4n) is 3.33. The van der Waals surface area contributed by atoms with Crippen LogP contribution in [0.15, 0.2) is 24.5 Å². The van der Waals surface area contributed by atoms with Gasteiger partial charge in [0.2, 0.25) is 0 Å². The molecular weight excluding hydrogens is 510 g/mol. The Morgan fingerprint density at radius 3 is 2.15 bits per heavy atom. The molecule has 0 saturated carbocycles. The molecule has 1 fully saturated rings. The molecule has 0 aromatic carbocycles. The van der Waals surface area contributed by atoms with Gasteiger partial charge in [-0.15, -0.1) is 0 Å². The summed E-state index contributed by atoms with van der Waals surface area (Å²) < 4.78 is 13.5. The first-order valence-electron chi connectivity index (χ1n) is 12.6. The van der Waals surface area contributed by atoms with E-state index in [1.807, 2.05) is 7.05 Å². The highest BCUT2D eigenvalue weighted by atomic mass is 16.6. The summed E-state index contributed by atoms with van der Waals surface area (Å²) in [6.45, 7) is 10.2. The van der Waals surface area contributed by atoms with Crippen LogP contribution >= 0.6 is 0 Å². The van der Waals surface area contributed by atoms with Gasteiger partial charge >= 0.3 is 12.1 Å². The van der Waals surface area contributed by atoms with Crippen molar-refractivity contribution in [3.05, 3.63) is 35.9 Å². The third kappa shape index (κ3) is 13.7. The van der Waals surface area contributed by atoms with Crippen LogP contribution in [0.2, 0.25) is 0 Å². The molecule has 0 spiro atoms. The fourth-order valence-corrected chi connectivity index (χ4v) is 3.33. The Kier molecular flexibility index (Phi) is 14.6. The number of nitrogens with two attached hydrogens (primary N) is 1. The Hall–Kier alpha value is -3.19. The lowest BCUT2D eigenvalue weighted by Gasteiger charge is -2.26. The number of aromatic nitrogens is 2. The van der Waals surface area contributed by atoms with Crippen molar-refractivity contribution in [3.63, 3.8) is 0 Å². The normalized spacial score (nSPS) is 13.0. The van der Waals surface area contributed by atoms with Gasteiger partial charge in [-0.1, -0.05) is 0 Å². The van der Waals surface area contributed by atoms with E-state index in [1.165, 1.54) is 23.9 Å². The maximum atomic E-state index is 11.9. The van der Waals surface area contributed by atoms with Crippen molar-refractivity contribution in [2.45, 2.75) is 26.4 Å². The van der Waals surface area contributed by atoms with E-state index in [1.54, 1.807) is 44.6 Å². The molecular formula is C23H36B5N6O6. The summed E-state index contributed by atoms with van der Waals surface area (Å²) in [5.41, 5.74) is 6.73. The number of anilines is 2. The number of carbonyl (C=O) groups excluding carboxylic acids is 2. The van der Waals surface area contributed by atoms with Crippen LogP contribution < -0.4 is 16.4 Å². The Morgan fingerprint density at radius 2 is 1.70 bits per heavy atom. The molecule has 5 N–H and O–H groups in total. The van der Waals surface area contributed by atoms with Crippen LogP contribution in [0.1, 0.15) is 41.7 Å². The Bertz CT molecular complexity index is 1100. The van der Waals surface area contributed by atoms with Gasteiger partial charge < -0.3 is 34.8 Å². The molecule has 209 valence electrons. The summed E-state index contributed by atoms with van der Waals surface area (Å²) in [5.74, 6) is -1.13. The molecule has 0 bridgehead atoms. The number of carboxylic acid groups (broad SMARTS) is 1. The average Bonchev–Trinajstić information content (AvgIpc) is 3.39. The first kappa shape index (κ1) is 34.8. The molecule has 2 aromatic rings. The molecule has 0 aliphatic carbocycles. The summed E-state index contributed by atoms with van der Waals surface area (Å²) in [6, 6.07) is 3.05. The molecule has 0 atom stereocenters. The topological polar surface area (TPSA) is 153 Å². The minimum absolute atomic E-state index is 0.0811. The Labute approximate surface area is 241 Å². The summed E-state index contributed by atoms with van der Waals surface area (Å²) >= 11 is 0. The predicted octanol–water partition coefficient (Wildman–Crippen LogP) is -0.164. The third-order valence-electron chi connectivity index (χ3n) is 5.17. The second-order valence-electron chi connectivity index (χ2n) is 9.91. The molecule has 1 saturated heterocycles. The van der Waals surface area contributed by atoms with Gasteiger partial charge in [0.15, 0.2) is 0 Å². The van der Waals surface area contributed by atoms with Crippen LogP contribution in [0.25, 0.3) is 0 Å². The van der Waals surface area contributed by atoms with Crippen molar-refractivity contribution in [1.29, 1.82) is 0 Å². The monoisotopic (exact) mass is 547 g/mol. The summed E-state index contributed by atoms with van der Waals surface area (Å²) in [4.78, 5) is 36.4. The molecule has 17 heteroatoms. The molecule has 1 aliphatic heterocycles. The van der Waals surface area contributed by atoms with Gasteiger partial charge in [-0.2, -0.15) is 0 Å². The van der Waals surface area contributed by atoms with Crippen molar-refractivity contribution < 1.29 is 29.0 Å². The quantitative estimate of drug-likeness (QED) is 0.350. The number of nitrogens with one attached hydrogen (secondary N) is 2. The zero-order valence-corrected chi connectivity index (χ0v) is 23.8. The number of hydrogen-bond acceptors (Lipinski definition) is 7. The molecule has 2 aromatic heterocycles. The second kappa shape index (κ2) is 16.8. The number of nitrogens with zero attached hydrogens (tertiary/aromatic N) is 3. The smallest absolute Gasteiger partial charge is 0.412 e. The van der Waals surface area contributed by atoms with Crippen molar-refractivity contribution in [3.8, 4) is 0 Å². The van der Waals surface area contributed by atoms with Crippen LogP contribution in [-0.2, 0) is 23.6 Å². The molecule has 40 heavy (non-hydrogen) atoms. The fraction of sp³-hybridized carbons (Fsp3) is 0.522. The van der Waals surface area contributed by atoms with Crippen LogP contribution in [0, 0.1) is 0 Å². The summed E-state index contributed by atoms with van der Waals surface area (Å²) in [6.07, 6.45) is 2.17. The molecule has 2 amide bonds. The first-order chi connectivity index (χ1) is 18.6. The number of hydrogen-bond donors (Lipinski definition) is 4. The van der Waals surface area contributed by atoms with E-state index in [9.17, 15) is 14.4 Å². The average molecular weight is 547 g/mol. The first-order valence-corrected chi connectivity index (χ1v) is 12.6. The lowest BCUT2D eigenvalue weighted by molar-refractivity contribution is 0.0383. The summed E-state index contributed by atoms with van der Waals surface area (Å²) in [5, 5.41) is 14.2. The molecule has 0 unspecified atom stereocenters. The van der Waals surface area contributed by atoms with Crippen molar-refractivity contribution in [1.82, 2.24) is 19.4 Å². The van der Waals surface area contributed by atoms with E-state index in [4.69, 9.17) is 43.5 Å². The maximum Gasteiger partial charge on any atom is 0.412 e. The van der Waals surface area contributed by atoms with Gasteiger partial charge in [-0.3, -0.25) is 15.0 Å². The number of morpholine rings is 1. The zero-order valence-electron chi connectivity index (χ0n) is 23.8. The zero-order chi connectivity index (χ0) is 30.5. The van der Waals surface area contributed by atoms with E-state index in [0.717, 1.165) is 32.8 Å². The van der Waals surface area contributed by atoms with Crippen LogP contribution in [0.3, 0.4) is 0 Å². The van der Waals surface area contributed by atoms with Crippen molar-refractivity contribution in [2.24, 2.45) is 14.1 Å². The number of carboxylic acids is 1. The molecule has 7 radical (unpaired) electrons. The lowest BCUT2D eigenvalue weighted by Crippen LogP contribution is -2.41. The number of aromatic carboxylic acids is 1. The van der Waals surface area contributed by atoms with Gasteiger partial charge in [-0.05, 0) is 32.9 Å². The van der Waals surface area contributed by atoms with E-state index in [0.29, 0.717) is 23.6 Å². The SMILES string of the molecule is Cn1cc(N)cc1C(=O)NCCN1CCOCC1.Cn1cc(NC(=O)OC(C)(C)C)cc1C(=O)O.[B][B]B([B])[B]. The summed E-state index contributed by atoms with van der Waals surface area (Å²) in [7, 11) is 19.2. The van der Waals surface area contributed by atoms with Gasteiger partial charge in [-0.25, -0.2) is 9.59 Å². The van der Waals surface area contributed by atoms with Crippen molar-refractivity contribution in [2.75, 3.05) is 50.4 Å². The maximum absolute atomic E-state index is 11.9. The standard InChI is InChI=1S/C12H20N4O2.C11H16N2O4.B5/c1-15-9-10(13)8-11(15)12(17)14-2-3-16-4-6-18-7-5-16;1-11(2,3)17-10(16)12-7-5-8(9(14)15)13(4)6-7;1-4-5(2)3/h8-9H,2-7,13H2,1H3,(H,14,17);5-6H,1-4H3,(H,12,16)(H,14,15);. The van der Waals surface area contributed by atoms with E-state index in [-0.39, 0.29) is 11.6 Å². The van der Waals surface area contributed by atoms with Gasteiger partial charge in [0.25, 0.3) is 5.91 Å². The Morgan fingerprint density at radius 1 is 1.12 bits per heavy atom. The molecule has 12 nitrogen and oxygen atoms in total. The molecule has 3 heterocycles. The van der Waals surface area contributed by atoms with Crippen LogP contribution in [0.4, 0.5) is 16.2 Å². The minimum atomic E-state index is -1.05. The number of ether oxygens (including phenoxy) is 2. The number of rotatable bonds is 7. The largest absolute Gasteiger partial charge is 0.477 e. The van der Waals surface area contributed by atoms with Crippen molar-refractivity contribution >= 4 is 66.0 Å². The number of carbonyl (C=O) groups is 3.